The van der Waals surface area contributed by atoms with Gasteiger partial charge >= 0.3 is 6.09 Å². The largest absolute Gasteiger partial charge is 0.448 e. The van der Waals surface area contributed by atoms with Crippen LogP contribution in [0.5, 0.6) is 0 Å². The van der Waals surface area contributed by atoms with Gasteiger partial charge in [-0.2, -0.15) is 0 Å². The lowest BCUT2D eigenvalue weighted by atomic mass is 10.1. The number of cyclic esters (lactones) is 1. The van der Waals surface area contributed by atoms with Crippen molar-refractivity contribution in [2.24, 2.45) is 0 Å². The van der Waals surface area contributed by atoms with E-state index in [-0.39, 0.29) is 6.09 Å². The molecule has 0 unspecified atom stereocenters. The molecule has 1 amide bonds. The zero-order chi connectivity index (χ0) is 13.9. The van der Waals surface area contributed by atoms with E-state index in [0.29, 0.717) is 25.6 Å². The summed E-state index contributed by atoms with van der Waals surface area (Å²) in [4.78, 5) is 17.5. The number of aromatic nitrogens is 1. The summed E-state index contributed by atoms with van der Waals surface area (Å²) in [6.45, 7) is 1.73. The highest BCUT2D eigenvalue weighted by Gasteiger charge is 2.21. The molecule has 1 aromatic heterocycles. The third-order valence-corrected chi connectivity index (χ3v) is 4.32. The molecule has 2 aromatic rings. The Morgan fingerprint density at radius 3 is 2.75 bits per heavy atom. The first-order valence-electron chi connectivity index (χ1n) is 6.27. The van der Waals surface area contributed by atoms with Crippen molar-refractivity contribution in [3.05, 3.63) is 40.9 Å². The van der Waals surface area contributed by atoms with Crippen LogP contribution < -0.4 is 0 Å². The molecular formula is C14H13ClN2O2S. The van der Waals surface area contributed by atoms with Crippen LogP contribution in [0.1, 0.15) is 11.3 Å². The Hall–Kier alpha value is -1.59. The van der Waals surface area contributed by atoms with Crippen LogP contribution in [0, 0.1) is 0 Å². The molecule has 1 fully saturated rings. The van der Waals surface area contributed by atoms with E-state index < -0.39 is 0 Å². The highest BCUT2D eigenvalue weighted by molar-refractivity contribution is 7.13. The summed E-state index contributed by atoms with van der Waals surface area (Å²) in [6, 6.07) is 8.08. The highest BCUT2D eigenvalue weighted by Crippen LogP contribution is 2.25. The molecule has 0 bridgehead atoms. The molecule has 0 radical (unpaired) electrons. The average Bonchev–Trinajstić information content (AvgIpc) is 3.10. The monoisotopic (exact) mass is 308 g/mol. The number of nitrogens with zero attached hydrogens (tertiary/aromatic N) is 2. The first-order valence-corrected chi connectivity index (χ1v) is 7.69. The second-order valence-corrected chi connectivity index (χ2v) is 5.64. The van der Waals surface area contributed by atoms with Crippen molar-refractivity contribution in [3.63, 3.8) is 0 Å². The first-order chi connectivity index (χ1) is 9.76. The molecular weight excluding hydrogens is 296 g/mol. The van der Waals surface area contributed by atoms with Crippen LogP contribution in [-0.4, -0.2) is 29.1 Å². The van der Waals surface area contributed by atoms with Gasteiger partial charge in [0.1, 0.15) is 11.6 Å². The van der Waals surface area contributed by atoms with E-state index in [1.807, 2.05) is 29.6 Å². The van der Waals surface area contributed by atoms with Crippen LogP contribution >= 0.6 is 22.9 Å². The number of alkyl halides is 1. The SMILES string of the molecule is O=C1OCCN1Cc1ccc(-c2nc(CCl)cs2)cc1. The van der Waals surface area contributed by atoms with Crippen LogP contribution in [-0.2, 0) is 17.2 Å². The van der Waals surface area contributed by atoms with Crippen LogP contribution in [0.2, 0.25) is 0 Å². The fraction of sp³-hybridized carbons (Fsp3) is 0.286. The summed E-state index contributed by atoms with van der Waals surface area (Å²) in [5.74, 6) is 0.436. The van der Waals surface area contributed by atoms with Gasteiger partial charge in [-0.15, -0.1) is 22.9 Å². The highest BCUT2D eigenvalue weighted by atomic mass is 35.5. The first kappa shape index (κ1) is 13.4. The number of halogens is 1. The number of hydrogen-bond acceptors (Lipinski definition) is 4. The zero-order valence-corrected chi connectivity index (χ0v) is 12.3. The maximum absolute atomic E-state index is 11.4. The van der Waals surface area contributed by atoms with E-state index in [1.165, 1.54) is 0 Å². The lowest BCUT2D eigenvalue weighted by Crippen LogP contribution is -2.23. The van der Waals surface area contributed by atoms with Gasteiger partial charge in [0.15, 0.2) is 0 Å². The van der Waals surface area contributed by atoms with E-state index in [1.54, 1.807) is 16.2 Å². The molecule has 6 heteroatoms. The van der Waals surface area contributed by atoms with Gasteiger partial charge in [-0.05, 0) is 5.56 Å². The van der Waals surface area contributed by atoms with Gasteiger partial charge < -0.3 is 9.64 Å². The molecule has 0 N–H and O–H groups in total. The molecule has 4 nitrogen and oxygen atoms in total. The number of amides is 1. The van der Waals surface area contributed by atoms with Crippen molar-refractivity contribution < 1.29 is 9.53 Å². The van der Waals surface area contributed by atoms with Gasteiger partial charge in [0, 0.05) is 17.5 Å². The normalized spacial score (nSPS) is 14.7. The van der Waals surface area contributed by atoms with Crippen LogP contribution in [0.15, 0.2) is 29.6 Å². The van der Waals surface area contributed by atoms with Crippen LogP contribution in [0.3, 0.4) is 0 Å². The van der Waals surface area contributed by atoms with E-state index >= 15 is 0 Å². The van der Waals surface area contributed by atoms with Crippen molar-refractivity contribution in [1.82, 2.24) is 9.88 Å². The number of thiazole rings is 1. The molecule has 0 aliphatic carbocycles. The number of carbonyl (C=O) groups is 1. The van der Waals surface area contributed by atoms with Crippen molar-refractivity contribution in [2.45, 2.75) is 12.4 Å². The fourth-order valence-electron chi connectivity index (χ4n) is 2.04. The molecule has 1 aliphatic heterocycles. The summed E-state index contributed by atoms with van der Waals surface area (Å²) in [6.07, 6.45) is -0.235. The standard InChI is InChI=1S/C14H13ClN2O2S/c15-7-12-9-20-13(16-12)11-3-1-10(2-4-11)8-17-5-6-19-14(17)18/h1-4,9H,5-8H2. The van der Waals surface area contributed by atoms with E-state index in [4.69, 9.17) is 16.3 Å². The third kappa shape index (κ3) is 2.78. The van der Waals surface area contributed by atoms with Crippen molar-refractivity contribution >= 4 is 29.0 Å². The lowest BCUT2D eigenvalue weighted by molar-refractivity contribution is 0.157. The molecule has 0 atom stereocenters. The average molecular weight is 309 g/mol. The Kier molecular flexibility index (Phi) is 3.89. The van der Waals surface area contributed by atoms with Crippen molar-refractivity contribution in [3.8, 4) is 10.6 Å². The number of ether oxygens (including phenoxy) is 1. The summed E-state index contributed by atoms with van der Waals surface area (Å²) in [5.41, 5.74) is 3.05. The smallest absolute Gasteiger partial charge is 0.410 e. The second kappa shape index (κ2) is 5.81. The summed E-state index contributed by atoms with van der Waals surface area (Å²) < 4.78 is 4.91. The zero-order valence-electron chi connectivity index (χ0n) is 10.7. The Balaban J connectivity index is 1.72. The lowest BCUT2D eigenvalue weighted by Gasteiger charge is -2.12. The Labute approximate surface area is 126 Å². The minimum atomic E-state index is -0.235. The van der Waals surface area contributed by atoms with Gasteiger partial charge in [0.25, 0.3) is 0 Å². The quantitative estimate of drug-likeness (QED) is 0.812. The van der Waals surface area contributed by atoms with Gasteiger partial charge in [0.05, 0.1) is 18.1 Å². The molecule has 0 saturated carbocycles. The molecule has 104 valence electrons. The number of carbonyl (C=O) groups excluding carboxylic acids is 1. The number of hydrogen-bond donors (Lipinski definition) is 0. The van der Waals surface area contributed by atoms with Gasteiger partial charge in [0.2, 0.25) is 0 Å². The van der Waals surface area contributed by atoms with Gasteiger partial charge in [-0.1, -0.05) is 24.3 Å². The molecule has 2 heterocycles. The molecule has 20 heavy (non-hydrogen) atoms. The second-order valence-electron chi connectivity index (χ2n) is 4.51. The summed E-state index contributed by atoms with van der Waals surface area (Å²) in [7, 11) is 0. The van der Waals surface area contributed by atoms with E-state index in [2.05, 4.69) is 4.98 Å². The molecule has 1 saturated heterocycles. The topological polar surface area (TPSA) is 42.4 Å². The minimum absolute atomic E-state index is 0.235. The number of rotatable bonds is 4. The molecule has 1 aromatic carbocycles. The Bertz CT molecular complexity index is 612. The maximum atomic E-state index is 11.4. The minimum Gasteiger partial charge on any atom is -0.448 e. The summed E-state index contributed by atoms with van der Waals surface area (Å²) in [5, 5.41) is 2.93. The molecule has 3 rings (SSSR count). The van der Waals surface area contributed by atoms with Crippen LogP contribution in [0.25, 0.3) is 10.6 Å². The summed E-state index contributed by atoms with van der Waals surface area (Å²) >= 11 is 7.34. The van der Waals surface area contributed by atoms with Gasteiger partial charge in [-0.3, -0.25) is 0 Å². The fourth-order valence-corrected chi connectivity index (χ4v) is 3.10. The Morgan fingerprint density at radius 2 is 2.15 bits per heavy atom. The predicted octanol–water partition coefficient (Wildman–Crippen LogP) is 3.50. The van der Waals surface area contributed by atoms with E-state index in [9.17, 15) is 4.79 Å². The number of benzene rings is 1. The maximum Gasteiger partial charge on any atom is 0.410 e. The molecule has 0 spiro atoms. The van der Waals surface area contributed by atoms with E-state index in [0.717, 1.165) is 21.8 Å². The van der Waals surface area contributed by atoms with Crippen molar-refractivity contribution in [1.29, 1.82) is 0 Å². The predicted molar refractivity (Wildman–Crippen MR) is 78.9 cm³/mol. The third-order valence-electron chi connectivity index (χ3n) is 3.11. The Morgan fingerprint density at radius 1 is 1.35 bits per heavy atom. The van der Waals surface area contributed by atoms with Crippen LogP contribution in [0.4, 0.5) is 4.79 Å². The molecule has 1 aliphatic rings. The van der Waals surface area contributed by atoms with Gasteiger partial charge in [-0.25, -0.2) is 9.78 Å². The van der Waals surface area contributed by atoms with Crippen molar-refractivity contribution in [2.75, 3.05) is 13.2 Å².